The maximum Gasteiger partial charge on any atom is 0.131 e. The number of rotatable bonds is 5. The summed E-state index contributed by atoms with van der Waals surface area (Å²) in [6.07, 6.45) is 7.70. The molecule has 0 aliphatic carbocycles. The van der Waals surface area contributed by atoms with Crippen molar-refractivity contribution >= 4 is 0 Å². The fourth-order valence-corrected chi connectivity index (χ4v) is 2.92. The summed E-state index contributed by atoms with van der Waals surface area (Å²) in [5, 5.41) is 0. The van der Waals surface area contributed by atoms with Gasteiger partial charge >= 0.3 is 0 Å². The lowest BCUT2D eigenvalue weighted by Gasteiger charge is -2.46. The second-order valence-electron chi connectivity index (χ2n) is 6.52. The second-order valence-corrected chi connectivity index (χ2v) is 6.52. The third kappa shape index (κ3) is 3.96. The molecule has 0 amide bonds. The van der Waals surface area contributed by atoms with Crippen LogP contribution in [-0.2, 0) is 6.42 Å². The van der Waals surface area contributed by atoms with Crippen LogP contribution >= 0.6 is 0 Å². The van der Waals surface area contributed by atoms with E-state index in [1.165, 1.54) is 19.4 Å². The van der Waals surface area contributed by atoms with Crippen molar-refractivity contribution in [3.05, 3.63) is 18.5 Å². The van der Waals surface area contributed by atoms with Crippen molar-refractivity contribution < 1.29 is 0 Å². The Hall–Kier alpha value is -1.07. The van der Waals surface area contributed by atoms with Crippen molar-refractivity contribution in [1.29, 1.82) is 0 Å². The predicted molar refractivity (Wildman–Crippen MR) is 80.5 cm³/mol. The molecule has 0 saturated carbocycles. The van der Waals surface area contributed by atoms with Gasteiger partial charge in [-0.05, 0) is 60.3 Å². The lowest BCUT2D eigenvalue weighted by Crippen LogP contribution is -2.53. The summed E-state index contributed by atoms with van der Waals surface area (Å²) in [5.74, 6) is 0.900. The van der Waals surface area contributed by atoms with Crippen LogP contribution in [0.4, 0.5) is 0 Å². The van der Waals surface area contributed by atoms with Crippen molar-refractivity contribution in [3.63, 3.8) is 0 Å². The summed E-state index contributed by atoms with van der Waals surface area (Å²) >= 11 is 0. The van der Waals surface area contributed by atoms with Crippen LogP contribution in [0, 0.1) is 0 Å². The molecule has 1 aromatic heterocycles. The Morgan fingerprint density at radius 1 is 1.35 bits per heavy atom. The molecule has 1 fully saturated rings. The van der Waals surface area contributed by atoms with E-state index in [2.05, 4.69) is 52.7 Å². The fourth-order valence-electron chi connectivity index (χ4n) is 2.92. The average Bonchev–Trinajstić information content (AvgIpc) is 2.43. The fraction of sp³-hybridized carbons (Fsp3) is 0.800. The summed E-state index contributed by atoms with van der Waals surface area (Å²) < 4.78 is 0. The van der Waals surface area contributed by atoms with E-state index in [1.54, 1.807) is 12.7 Å². The van der Waals surface area contributed by atoms with Crippen LogP contribution in [0.3, 0.4) is 0 Å². The van der Waals surface area contributed by atoms with Gasteiger partial charge in [0.1, 0.15) is 18.5 Å². The molecule has 0 spiro atoms. The van der Waals surface area contributed by atoms with E-state index < -0.39 is 0 Å². The van der Waals surface area contributed by atoms with Gasteiger partial charge in [-0.2, -0.15) is 0 Å². The minimum atomic E-state index is 0.311. The van der Waals surface area contributed by atoms with Gasteiger partial charge in [-0.15, -0.1) is 0 Å². The van der Waals surface area contributed by atoms with E-state index >= 15 is 0 Å². The number of aromatic nitrogens is 3. The lowest BCUT2D eigenvalue weighted by atomic mass is 9.87. The standard InChI is InChI=1S/C15H27N5/c1-15(2)10-13(7-9-20(15)4)19(3)8-5-6-14-17-11-16-12-18-14/h11-13H,5-10H2,1-4H3. The second kappa shape index (κ2) is 6.59. The molecular formula is C15H27N5. The minimum Gasteiger partial charge on any atom is -0.303 e. The first kappa shape index (κ1) is 15.3. The summed E-state index contributed by atoms with van der Waals surface area (Å²) in [7, 11) is 4.48. The molecule has 0 radical (unpaired) electrons. The maximum atomic E-state index is 4.17. The highest BCUT2D eigenvalue weighted by molar-refractivity contribution is 4.91. The summed E-state index contributed by atoms with van der Waals surface area (Å²) in [6, 6.07) is 0.694. The largest absolute Gasteiger partial charge is 0.303 e. The number of hydrogen-bond donors (Lipinski definition) is 0. The van der Waals surface area contributed by atoms with Gasteiger partial charge in [0.25, 0.3) is 0 Å². The third-order valence-electron chi connectivity index (χ3n) is 4.65. The number of hydrogen-bond acceptors (Lipinski definition) is 5. The van der Waals surface area contributed by atoms with Gasteiger partial charge in [0.2, 0.25) is 0 Å². The Morgan fingerprint density at radius 2 is 2.05 bits per heavy atom. The van der Waals surface area contributed by atoms with Gasteiger partial charge in [-0.1, -0.05) is 0 Å². The Balaban J connectivity index is 1.76. The molecule has 5 nitrogen and oxygen atoms in total. The van der Waals surface area contributed by atoms with Crippen LogP contribution in [0.2, 0.25) is 0 Å². The maximum absolute atomic E-state index is 4.17. The quantitative estimate of drug-likeness (QED) is 0.818. The van der Waals surface area contributed by atoms with E-state index in [-0.39, 0.29) is 0 Å². The average molecular weight is 277 g/mol. The van der Waals surface area contributed by atoms with E-state index in [1.807, 2.05) is 0 Å². The molecule has 1 aliphatic rings. The molecule has 2 heterocycles. The SMILES string of the molecule is CN(CCCc1ncncn1)C1CCN(C)C(C)(C)C1. The van der Waals surface area contributed by atoms with Gasteiger partial charge in [-0.25, -0.2) is 15.0 Å². The molecule has 1 atom stereocenters. The van der Waals surface area contributed by atoms with Crippen molar-refractivity contribution in [2.24, 2.45) is 0 Å². The zero-order valence-corrected chi connectivity index (χ0v) is 13.2. The highest BCUT2D eigenvalue weighted by Gasteiger charge is 2.33. The van der Waals surface area contributed by atoms with Gasteiger partial charge in [0.15, 0.2) is 0 Å². The predicted octanol–water partition coefficient (Wildman–Crippen LogP) is 1.61. The highest BCUT2D eigenvalue weighted by atomic mass is 15.2. The molecule has 1 saturated heterocycles. The first-order valence-corrected chi connectivity index (χ1v) is 7.51. The summed E-state index contributed by atoms with van der Waals surface area (Å²) in [5.41, 5.74) is 0.311. The van der Waals surface area contributed by atoms with Crippen molar-refractivity contribution in [3.8, 4) is 0 Å². The lowest BCUT2D eigenvalue weighted by molar-refractivity contribution is 0.0449. The van der Waals surface area contributed by atoms with Gasteiger partial charge < -0.3 is 9.80 Å². The topological polar surface area (TPSA) is 45.2 Å². The number of nitrogens with zero attached hydrogens (tertiary/aromatic N) is 5. The minimum absolute atomic E-state index is 0.311. The Labute approximate surface area is 122 Å². The Bertz CT molecular complexity index is 406. The van der Waals surface area contributed by atoms with Crippen LogP contribution in [0.15, 0.2) is 12.7 Å². The molecule has 0 bridgehead atoms. The van der Waals surface area contributed by atoms with Crippen molar-refractivity contribution in [2.45, 2.75) is 51.1 Å². The van der Waals surface area contributed by atoms with Crippen molar-refractivity contribution in [2.75, 3.05) is 27.2 Å². The van der Waals surface area contributed by atoms with Crippen LogP contribution < -0.4 is 0 Å². The molecule has 0 N–H and O–H groups in total. The molecule has 112 valence electrons. The smallest absolute Gasteiger partial charge is 0.131 e. The molecular weight excluding hydrogens is 250 g/mol. The molecule has 1 aromatic rings. The molecule has 1 aliphatic heterocycles. The zero-order chi connectivity index (χ0) is 14.6. The molecule has 1 unspecified atom stereocenters. The van der Waals surface area contributed by atoms with Crippen molar-refractivity contribution in [1.82, 2.24) is 24.8 Å². The number of aryl methyl sites for hydroxylation is 1. The molecule has 2 rings (SSSR count). The monoisotopic (exact) mass is 277 g/mol. The summed E-state index contributed by atoms with van der Waals surface area (Å²) in [6.45, 7) is 6.99. The Morgan fingerprint density at radius 3 is 2.70 bits per heavy atom. The van der Waals surface area contributed by atoms with Gasteiger partial charge in [0.05, 0.1) is 0 Å². The summed E-state index contributed by atoms with van der Waals surface area (Å²) in [4.78, 5) is 17.2. The van der Waals surface area contributed by atoms with Crippen LogP contribution in [-0.4, -0.2) is 63.5 Å². The van der Waals surface area contributed by atoms with E-state index in [9.17, 15) is 0 Å². The molecule has 20 heavy (non-hydrogen) atoms. The van der Waals surface area contributed by atoms with Gasteiger partial charge in [0, 0.05) is 18.0 Å². The first-order valence-electron chi connectivity index (χ1n) is 7.51. The number of likely N-dealkylation sites (tertiary alicyclic amines) is 1. The van der Waals surface area contributed by atoms with Crippen LogP contribution in [0.5, 0.6) is 0 Å². The number of piperidine rings is 1. The zero-order valence-electron chi connectivity index (χ0n) is 13.2. The van der Waals surface area contributed by atoms with E-state index in [0.717, 1.165) is 25.2 Å². The van der Waals surface area contributed by atoms with E-state index in [0.29, 0.717) is 11.6 Å². The highest BCUT2D eigenvalue weighted by Crippen LogP contribution is 2.28. The molecule has 0 aromatic carbocycles. The van der Waals surface area contributed by atoms with Crippen LogP contribution in [0.1, 0.15) is 38.9 Å². The normalized spacial score (nSPS) is 23.1. The van der Waals surface area contributed by atoms with Crippen LogP contribution in [0.25, 0.3) is 0 Å². The van der Waals surface area contributed by atoms with Gasteiger partial charge in [-0.3, -0.25) is 0 Å². The van der Waals surface area contributed by atoms with E-state index in [4.69, 9.17) is 0 Å². The molecule has 5 heteroatoms. The Kier molecular flexibility index (Phi) is 5.05. The first-order chi connectivity index (χ1) is 9.49. The third-order valence-corrected chi connectivity index (χ3v) is 4.65.